The molecule has 198 valence electrons. The quantitative estimate of drug-likeness (QED) is 0.321. The smallest absolute Gasteiger partial charge is 0.555 e. The zero-order valence-electron chi connectivity index (χ0n) is 22.3. The van der Waals surface area contributed by atoms with Crippen molar-refractivity contribution in [3.63, 3.8) is 0 Å². The van der Waals surface area contributed by atoms with Gasteiger partial charge in [-0.25, -0.2) is 0 Å². The van der Waals surface area contributed by atoms with E-state index in [9.17, 15) is 0 Å². The predicted octanol–water partition coefficient (Wildman–Crippen LogP) is 2.56. The molecule has 4 aliphatic heterocycles. The maximum atomic E-state index is 6.51. The monoisotopic (exact) mass is 548 g/mol. The summed E-state index contributed by atoms with van der Waals surface area (Å²) in [6.45, 7) is -0.271. The maximum absolute atomic E-state index is 6.51. The van der Waals surface area contributed by atoms with E-state index >= 15 is 0 Å². The molecule has 0 spiro atoms. The molecular formula is C31H20B4O7. The second-order valence-electron chi connectivity index (χ2n) is 10.6. The molecule has 0 atom stereocenters. The van der Waals surface area contributed by atoms with Gasteiger partial charge >= 0.3 is 28.3 Å². The molecule has 0 N–H and O–H groups in total. The second-order valence-corrected chi connectivity index (χ2v) is 10.6. The molecular weight excluding hydrogens is 528 g/mol. The number of hydrogen-bond acceptors (Lipinski definition) is 7. The van der Waals surface area contributed by atoms with Crippen molar-refractivity contribution >= 4 is 50.1 Å². The third kappa shape index (κ3) is 3.80. The van der Waals surface area contributed by atoms with Crippen molar-refractivity contribution in [2.75, 3.05) is 0 Å². The first-order valence-electron chi connectivity index (χ1n) is 14.0. The maximum Gasteiger partial charge on any atom is 0.632 e. The van der Waals surface area contributed by atoms with Crippen LogP contribution in [0, 0.1) is 0 Å². The molecule has 9 rings (SSSR count). The van der Waals surface area contributed by atoms with Gasteiger partial charge in [-0.05, 0) is 59.8 Å². The first kappa shape index (κ1) is 23.6. The van der Waals surface area contributed by atoms with Crippen molar-refractivity contribution in [2.24, 2.45) is 0 Å². The average molecular weight is 548 g/mol. The summed E-state index contributed by atoms with van der Waals surface area (Å²) in [5, 5.41) is 0. The Bertz CT molecular complexity index is 1500. The number of benzene rings is 5. The molecule has 4 heterocycles. The van der Waals surface area contributed by atoms with Gasteiger partial charge in [-0.3, -0.25) is 0 Å². The molecule has 0 fully saturated rings. The van der Waals surface area contributed by atoms with Crippen molar-refractivity contribution in [1.82, 2.24) is 0 Å². The zero-order chi connectivity index (χ0) is 27.6. The van der Waals surface area contributed by atoms with Crippen molar-refractivity contribution in [3.05, 3.63) is 115 Å². The molecule has 0 radical (unpaired) electrons. The highest BCUT2D eigenvalue weighted by Gasteiger charge is 2.48. The van der Waals surface area contributed by atoms with Gasteiger partial charge < -0.3 is 32.6 Å². The van der Waals surface area contributed by atoms with Gasteiger partial charge in [0.2, 0.25) is 0 Å². The van der Waals surface area contributed by atoms with Crippen molar-refractivity contribution < 1.29 is 32.6 Å². The zero-order valence-corrected chi connectivity index (χ0v) is 22.3. The fourth-order valence-electron chi connectivity index (χ4n) is 5.99. The molecule has 11 heteroatoms. The second kappa shape index (κ2) is 9.24. The molecule has 0 bridgehead atoms. The van der Waals surface area contributed by atoms with Gasteiger partial charge in [-0.15, -0.1) is 0 Å². The first-order valence-corrected chi connectivity index (χ1v) is 14.0. The Morgan fingerprint density at radius 1 is 0.357 bits per heavy atom. The van der Waals surface area contributed by atoms with E-state index in [0.29, 0.717) is 40.8 Å². The SMILES string of the molecule is c1ccc2c(c1)CB(c1cc(B3Oc4ccccc4O3)c(B3Oc4ccccc4O3)cc1B1Oc3ccccc3O1)O2. The highest BCUT2D eigenvalue weighted by Crippen LogP contribution is 2.35. The summed E-state index contributed by atoms with van der Waals surface area (Å²) in [5.41, 5.74) is 4.41. The van der Waals surface area contributed by atoms with Crippen LogP contribution in [0.5, 0.6) is 40.2 Å². The minimum Gasteiger partial charge on any atom is -0.555 e. The van der Waals surface area contributed by atoms with Crippen LogP contribution in [0.1, 0.15) is 5.56 Å². The molecule has 4 aliphatic rings. The largest absolute Gasteiger partial charge is 0.632 e. The Balaban J connectivity index is 1.19. The Morgan fingerprint density at radius 2 is 0.690 bits per heavy atom. The summed E-state index contributed by atoms with van der Waals surface area (Å²) < 4.78 is 44.5. The van der Waals surface area contributed by atoms with Crippen LogP contribution in [0.15, 0.2) is 109 Å². The Labute approximate surface area is 243 Å². The molecule has 5 aromatic carbocycles. The predicted molar refractivity (Wildman–Crippen MR) is 162 cm³/mol. The van der Waals surface area contributed by atoms with E-state index in [-0.39, 0.29) is 6.92 Å². The Morgan fingerprint density at radius 3 is 1.10 bits per heavy atom. The highest BCUT2D eigenvalue weighted by molar-refractivity contribution is 6.82. The number of fused-ring (bicyclic) bond motifs is 4. The number of para-hydroxylation sites is 7. The van der Waals surface area contributed by atoms with Crippen LogP contribution in [0.3, 0.4) is 0 Å². The van der Waals surface area contributed by atoms with E-state index in [1.165, 1.54) is 0 Å². The summed E-state index contributed by atoms with van der Waals surface area (Å²) >= 11 is 0. The molecule has 0 unspecified atom stereocenters. The average Bonchev–Trinajstić information content (AvgIpc) is 3.83. The van der Waals surface area contributed by atoms with Gasteiger partial charge in [0.1, 0.15) is 40.2 Å². The van der Waals surface area contributed by atoms with Crippen LogP contribution in [0.4, 0.5) is 0 Å². The fourth-order valence-corrected chi connectivity index (χ4v) is 5.99. The summed E-state index contributed by atoms with van der Waals surface area (Å²) in [5.74, 6) is 4.95. The normalized spacial score (nSPS) is 15.2. The van der Waals surface area contributed by atoms with Crippen LogP contribution in [0.2, 0.25) is 0 Å². The molecule has 0 aromatic heterocycles. The van der Waals surface area contributed by atoms with Gasteiger partial charge in [0.05, 0.1) is 0 Å². The number of rotatable bonds is 4. The lowest BCUT2D eigenvalue weighted by Crippen LogP contribution is -2.64. The van der Waals surface area contributed by atoms with Gasteiger partial charge in [0, 0.05) is 16.4 Å². The minimum atomic E-state index is -0.730. The van der Waals surface area contributed by atoms with Gasteiger partial charge in [-0.2, -0.15) is 0 Å². The van der Waals surface area contributed by atoms with Gasteiger partial charge in [-0.1, -0.05) is 66.7 Å². The lowest BCUT2D eigenvalue weighted by atomic mass is 9.50. The summed E-state index contributed by atoms with van der Waals surface area (Å²) in [6, 6.07) is 35.2. The molecule has 7 nitrogen and oxygen atoms in total. The Kier molecular flexibility index (Phi) is 5.20. The van der Waals surface area contributed by atoms with Crippen LogP contribution in [-0.4, -0.2) is 28.3 Å². The topological polar surface area (TPSA) is 64.6 Å². The van der Waals surface area contributed by atoms with Crippen molar-refractivity contribution in [2.45, 2.75) is 6.32 Å². The molecule has 0 amide bonds. The third-order valence-electron chi connectivity index (χ3n) is 8.00. The summed E-state index contributed by atoms with van der Waals surface area (Å²) in [7, 11) is -2.14. The van der Waals surface area contributed by atoms with Gasteiger partial charge in [0.25, 0.3) is 0 Å². The molecule has 42 heavy (non-hydrogen) atoms. The lowest BCUT2D eigenvalue weighted by Gasteiger charge is -2.20. The van der Waals surface area contributed by atoms with E-state index in [0.717, 1.165) is 33.2 Å². The van der Waals surface area contributed by atoms with Crippen LogP contribution >= 0.6 is 0 Å². The Hall–Kier alpha value is -5.04. The number of hydrogen-bond donors (Lipinski definition) is 0. The summed E-state index contributed by atoms with van der Waals surface area (Å²) in [6.07, 6.45) is 0.704. The molecule has 0 aliphatic carbocycles. The minimum absolute atomic E-state index is 0.271. The third-order valence-corrected chi connectivity index (χ3v) is 8.00. The van der Waals surface area contributed by atoms with Crippen LogP contribution < -0.4 is 54.4 Å². The fraction of sp³-hybridized carbons (Fsp3) is 0.0323. The van der Waals surface area contributed by atoms with E-state index in [2.05, 4.69) is 12.1 Å². The van der Waals surface area contributed by atoms with E-state index < -0.39 is 21.4 Å². The lowest BCUT2D eigenvalue weighted by molar-refractivity contribution is 0.512. The van der Waals surface area contributed by atoms with Crippen molar-refractivity contribution in [3.8, 4) is 40.2 Å². The van der Waals surface area contributed by atoms with E-state index in [1.54, 1.807) is 0 Å². The van der Waals surface area contributed by atoms with E-state index in [1.807, 2.05) is 97.1 Å². The standard InChI is InChI=1S/C31H20B4O7/c1-2-10-25-20(9-1)19-32(36-25)21-17-23(34-39-28-13-5-6-14-29(28)40-34)24(35-41-30-15-7-8-16-31(30)42-35)18-22(21)33-37-26-11-3-4-12-27(26)38-33/h1-18H,19H2. The first-order chi connectivity index (χ1) is 20.8. The van der Waals surface area contributed by atoms with Gasteiger partial charge in [0.15, 0.2) is 0 Å². The van der Waals surface area contributed by atoms with Crippen LogP contribution in [-0.2, 0) is 6.32 Å². The van der Waals surface area contributed by atoms with Crippen molar-refractivity contribution in [1.29, 1.82) is 0 Å². The summed E-state index contributed by atoms with van der Waals surface area (Å²) in [4.78, 5) is 0. The molecule has 5 aromatic rings. The van der Waals surface area contributed by atoms with Crippen LogP contribution in [0.25, 0.3) is 0 Å². The molecule has 0 saturated heterocycles. The molecule has 0 saturated carbocycles. The highest BCUT2D eigenvalue weighted by atomic mass is 16.6. The van der Waals surface area contributed by atoms with E-state index in [4.69, 9.17) is 32.6 Å².